The highest BCUT2D eigenvalue weighted by atomic mass is 79.9. The number of hydrogen-bond donors (Lipinski definition) is 1. The van der Waals surface area contributed by atoms with Gasteiger partial charge in [-0.15, -0.1) is 0 Å². The fraction of sp³-hybridized carbons (Fsp3) is 0.455. The van der Waals surface area contributed by atoms with E-state index in [1.165, 1.54) is 0 Å². The summed E-state index contributed by atoms with van der Waals surface area (Å²) >= 11 is 3.48. The van der Waals surface area contributed by atoms with Crippen molar-refractivity contribution in [2.24, 2.45) is 5.10 Å². The monoisotopic (exact) mass is 489 g/mol. The topological polar surface area (TPSA) is 71.5 Å². The van der Waals surface area contributed by atoms with Crippen LogP contribution in [0, 0.1) is 0 Å². The smallest absolute Gasteiger partial charge is 0.217 e. The lowest BCUT2D eigenvalue weighted by Gasteiger charge is -2.29. The maximum Gasteiger partial charge on any atom is 0.217 e. The molecule has 0 aliphatic carbocycles. The van der Waals surface area contributed by atoms with E-state index in [0.717, 1.165) is 74.9 Å². The Morgan fingerprint density at radius 3 is 2.61 bits per heavy atom. The minimum atomic E-state index is 0.584. The number of benzene rings is 1. The quantitative estimate of drug-likeness (QED) is 0.451. The van der Waals surface area contributed by atoms with E-state index in [4.69, 9.17) is 14.2 Å². The van der Waals surface area contributed by atoms with Gasteiger partial charge >= 0.3 is 0 Å². The molecule has 0 spiro atoms. The van der Waals surface area contributed by atoms with Crippen LogP contribution in [0.1, 0.15) is 5.56 Å². The van der Waals surface area contributed by atoms with Gasteiger partial charge in [0.05, 0.1) is 32.6 Å². The molecule has 0 saturated carbocycles. The lowest BCUT2D eigenvalue weighted by molar-refractivity contribution is 0.0320. The first-order valence-electron chi connectivity index (χ1n) is 10.6. The minimum Gasteiger partial charge on any atom is -0.476 e. The number of aromatic nitrogens is 1. The normalized spacial score (nSPS) is 17.8. The Hall–Kier alpha value is -2.20. The molecular weight excluding hydrogens is 462 g/mol. The maximum absolute atomic E-state index is 6.01. The third-order valence-electron chi connectivity index (χ3n) is 5.17. The molecular formula is C22H28BrN5O3. The summed E-state index contributed by atoms with van der Waals surface area (Å²) in [6.07, 6.45) is 1.77. The van der Waals surface area contributed by atoms with Crippen molar-refractivity contribution in [2.45, 2.75) is 0 Å². The van der Waals surface area contributed by atoms with Crippen LogP contribution >= 0.6 is 15.9 Å². The Morgan fingerprint density at radius 2 is 1.84 bits per heavy atom. The largest absolute Gasteiger partial charge is 0.476 e. The molecule has 0 bridgehead atoms. The molecule has 3 heterocycles. The van der Waals surface area contributed by atoms with Gasteiger partial charge in [0.2, 0.25) is 5.88 Å². The van der Waals surface area contributed by atoms with Crippen molar-refractivity contribution in [3.05, 3.63) is 46.4 Å². The fourth-order valence-corrected chi connectivity index (χ4v) is 3.91. The van der Waals surface area contributed by atoms with Gasteiger partial charge in [-0.25, -0.2) is 0 Å². The summed E-state index contributed by atoms with van der Waals surface area (Å²) in [5.74, 6) is 1.24. The molecule has 2 aromatic rings. The zero-order valence-electron chi connectivity index (χ0n) is 17.5. The molecule has 0 amide bonds. The average Bonchev–Trinajstić information content (AvgIpc) is 2.80. The van der Waals surface area contributed by atoms with Gasteiger partial charge in [-0.1, -0.05) is 28.1 Å². The van der Waals surface area contributed by atoms with E-state index >= 15 is 0 Å². The molecule has 2 fully saturated rings. The Bertz CT molecular complexity index is 870. The van der Waals surface area contributed by atoms with Crippen molar-refractivity contribution in [1.29, 1.82) is 0 Å². The first-order chi connectivity index (χ1) is 15.3. The van der Waals surface area contributed by atoms with Crippen molar-refractivity contribution in [3.63, 3.8) is 0 Å². The van der Waals surface area contributed by atoms with E-state index in [-0.39, 0.29) is 0 Å². The van der Waals surface area contributed by atoms with Gasteiger partial charge < -0.3 is 19.1 Å². The summed E-state index contributed by atoms with van der Waals surface area (Å²) < 4.78 is 17.9. The number of rotatable bonds is 8. The van der Waals surface area contributed by atoms with Gasteiger partial charge in [0.15, 0.2) is 5.82 Å². The van der Waals surface area contributed by atoms with Crippen molar-refractivity contribution < 1.29 is 14.2 Å². The Morgan fingerprint density at radius 1 is 1.06 bits per heavy atom. The summed E-state index contributed by atoms with van der Waals surface area (Å²) in [7, 11) is 0. The highest BCUT2D eigenvalue weighted by Gasteiger charge is 2.15. The predicted molar refractivity (Wildman–Crippen MR) is 125 cm³/mol. The molecule has 2 saturated heterocycles. The van der Waals surface area contributed by atoms with Gasteiger partial charge in [0.1, 0.15) is 6.61 Å². The number of halogens is 1. The number of morpholine rings is 2. The van der Waals surface area contributed by atoms with Crippen LogP contribution in [-0.2, 0) is 9.47 Å². The molecule has 31 heavy (non-hydrogen) atoms. The van der Waals surface area contributed by atoms with Crippen molar-refractivity contribution in [2.75, 3.05) is 76.1 Å². The second-order valence-corrected chi connectivity index (χ2v) is 8.29. The van der Waals surface area contributed by atoms with Crippen LogP contribution < -0.4 is 15.1 Å². The Labute approximate surface area is 191 Å². The predicted octanol–water partition coefficient (Wildman–Crippen LogP) is 2.84. The van der Waals surface area contributed by atoms with Gasteiger partial charge in [-0.05, 0) is 17.7 Å². The van der Waals surface area contributed by atoms with E-state index < -0.39 is 0 Å². The molecule has 9 heteroatoms. The Kier molecular flexibility index (Phi) is 8.11. The molecule has 166 valence electrons. The number of nitrogens with zero attached hydrogens (tertiary/aromatic N) is 4. The SMILES string of the molecule is Brc1cccc(/C=N/Nc2cc(N3CCOCC3)cc(OCCN3CCOCC3)n2)c1. The van der Waals surface area contributed by atoms with Crippen LogP contribution in [0.3, 0.4) is 0 Å². The van der Waals surface area contributed by atoms with Crippen LogP contribution in [0.2, 0.25) is 0 Å². The molecule has 1 N–H and O–H groups in total. The fourth-order valence-electron chi connectivity index (χ4n) is 3.49. The molecule has 4 rings (SSSR count). The third-order valence-corrected chi connectivity index (χ3v) is 5.66. The van der Waals surface area contributed by atoms with Crippen molar-refractivity contribution in [1.82, 2.24) is 9.88 Å². The molecule has 8 nitrogen and oxygen atoms in total. The van der Waals surface area contributed by atoms with E-state index in [9.17, 15) is 0 Å². The summed E-state index contributed by atoms with van der Waals surface area (Å²) in [4.78, 5) is 9.23. The van der Waals surface area contributed by atoms with Crippen LogP contribution in [0.25, 0.3) is 0 Å². The standard InChI is InChI=1S/C22H28BrN5O3/c23-19-3-1-2-18(14-19)17-24-26-21-15-20(28-7-11-30-12-8-28)16-22(25-21)31-13-6-27-4-9-29-10-5-27/h1-3,14-17H,4-13H2,(H,25,26)/b24-17+. The number of anilines is 2. The van der Waals surface area contributed by atoms with E-state index in [2.05, 4.69) is 41.2 Å². The molecule has 0 atom stereocenters. The van der Waals surface area contributed by atoms with E-state index in [1.54, 1.807) is 6.21 Å². The highest BCUT2D eigenvalue weighted by molar-refractivity contribution is 9.10. The van der Waals surface area contributed by atoms with Gasteiger partial charge in [0.25, 0.3) is 0 Å². The van der Waals surface area contributed by atoms with Crippen molar-refractivity contribution >= 4 is 33.6 Å². The number of hydrogen-bond acceptors (Lipinski definition) is 8. The van der Waals surface area contributed by atoms with Crippen LogP contribution in [-0.4, -0.2) is 81.9 Å². The number of nitrogens with one attached hydrogen (secondary N) is 1. The summed E-state index contributed by atoms with van der Waals surface area (Å²) in [5, 5.41) is 4.35. The molecule has 1 aromatic carbocycles. The number of ether oxygens (including phenoxy) is 3. The summed E-state index contributed by atoms with van der Waals surface area (Å²) in [6, 6.07) is 11.9. The third kappa shape index (κ3) is 6.90. The van der Waals surface area contributed by atoms with Gasteiger partial charge in [-0.2, -0.15) is 10.1 Å². The minimum absolute atomic E-state index is 0.584. The van der Waals surface area contributed by atoms with Crippen LogP contribution in [0.5, 0.6) is 5.88 Å². The van der Waals surface area contributed by atoms with E-state index in [0.29, 0.717) is 18.3 Å². The molecule has 2 aliphatic heterocycles. The maximum atomic E-state index is 6.01. The molecule has 0 radical (unpaired) electrons. The van der Waals surface area contributed by atoms with Gasteiger partial charge in [0, 0.05) is 55.0 Å². The van der Waals surface area contributed by atoms with E-state index in [1.807, 2.05) is 36.4 Å². The van der Waals surface area contributed by atoms with Gasteiger partial charge in [-0.3, -0.25) is 10.3 Å². The highest BCUT2D eigenvalue weighted by Crippen LogP contribution is 2.25. The summed E-state index contributed by atoms with van der Waals surface area (Å²) in [5.41, 5.74) is 5.10. The van der Waals surface area contributed by atoms with Crippen molar-refractivity contribution in [3.8, 4) is 5.88 Å². The molecule has 1 aromatic heterocycles. The first kappa shape index (κ1) is 22.0. The Balaban J connectivity index is 1.43. The zero-order chi connectivity index (χ0) is 21.3. The lowest BCUT2D eigenvalue weighted by atomic mass is 10.2. The number of hydrazone groups is 1. The molecule has 0 unspecified atom stereocenters. The van der Waals surface area contributed by atoms with Crippen LogP contribution in [0.15, 0.2) is 46.0 Å². The average molecular weight is 490 g/mol. The first-order valence-corrected chi connectivity index (χ1v) is 11.4. The second-order valence-electron chi connectivity index (χ2n) is 7.38. The second kappa shape index (κ2) is 11.4. The molecule has 2 aliphatic rings. The summed E-state index contributed by atoms with van der Waals surface area (Å²) in [6.45, 7) is 8.04. The zero-order valence-corrected chi connectivity index (χ0v) is 19.1. The number of pyridine rings is 1. The van der Waals surface area contributed by atoms with Crippen LogP contribution in [0.4, 0.5) is 11.5 Å². The lowest BCUT2D eigenvalue weighted by Crippen LogP contribution is -2.38.